The minimum Gasteiger partial charge on any atom is -0.412 e. The monoisotopic (exact) mass is 404 g/mol. The summed E-state index contributed by atoms with van der Waals surface area (Å²) in [7, 11) is 1.59. The van der Waals surface area contributed by atoms with E-state index in [-0.39, 0.29) is 34.5 Å². The van der Waals surface area contributed by atoms with Gasteiger partial charge in [0.2, 0.25) is 5.89 Å². The average molecular weight is 405 g/mol. The van der Waals surface area contributed by atoms with E-state index in [2.05, 4.69) is 20.8 Å². The molecule has 11 heteroatoms. The standard InChI is InChI=1S/C16H16ClF3N4O3/c1-26-7-10-5-9(6-21-10)22-13(25)15-24-23-14(27-15)11-4-8(16(18,19)20)2-3-12(11)17/h2-4,9-10,21H,5-7H2,1H3,(H,22,25)/t9-,10+/m1/s1. The first kappa shape index (κ1) is 19.6. The molecule has 1 amide bonds. The number of hydrogen-bond acceptors (Lipinski definition) is 6. The van der Waals surface area contributed by atoms with Crippen LogP contribution in [-0.4, -0.2) is 48.4 Å². The molecule has 2 heterocycles. The molecule has 1 aliphatic rings. The number of hydrogen-bond donors (Lipinski definition) is 2. The highest BCUT2D eigenvalue weighted by molar-refractivity contribution is 6.33. The van der Waals surface area contributed by atoms with Gasteiger partial charge in [-0.1, -0.05) is 11.6 Å². The van der Waals surface area contributed by atoms with Crippen molar-refractivity contribution in [1.82, 2.24) is 20.8 Å². The summed E-state index contributed by atoms with van der Waals surface area (Å²) in [5, 5.41) is 13.2. The summed E-state index contributed by atoms with van der Waals surface area (Å²) in [5.41, 5.74) is -1.01. The van der Waals surface area contributed by atoms with Crippen LogP contribution in [0.2, 0.25) is 5.02 Å². The van der Waals surface area contributed by atoms with Gasteiger partial charge in [0.1, 0.15) is 0 Å². The highest BCUT2D eigenvalue weighted by Crippen LogP contribution is 2.35. The van der Waals surface area contributed by atoms with Gasteiger partial charge >= 0.3 is 18.0 Å². The van der Waals surface area contributed by atoms with E-state index in [1.165, 1.54) is 0 Å². The third kappa shape index (κ3) is 4.57. The van der Waals surface area contributed by atoms with Gasteiger partial charge in [-0.15, -0.1) is 10.2 Å². The Morgan fingerprint density at radius 2 is 2.22 bits per heavy atom. The highest BCUT2D eigenvalue weighted by Gasteiger charge is 2.32. The molecule has 0 saturated carbocycles. The zero-order valence-electron chi connectivity index (χ0n) is 14.1. The van der Waals surface area contributed by atoms with E-state index < -0.39 is 17.6 Å². The molecule has 2 atom stereocenters. The van der Waals surface area contributed by atoms with Crippen molar-refractivity contribution in [3.05, 3.63) is 34.7 Å². The van der Waals surface area contributed by atoms with Crippen molar-refractivity contribution in [3.63, 3.8) is 0 Å². The first-order valence-electron chi connectivity index (χ1n) is 8.01. The molecule has 7 nitrogen and oxygen atoms in total. The molecule has 1 aliphatic heterocycles. The Hall–Kier alpha value is -2.17. The Bertz CT molecular complexity index is 827. The van der Waals surface area contributed by atoms with Gasteiger partial charge in [0, 0.05) is 25.7 Å². The Kier molecular flexibility index (Phi) is 5.68. The number of alkyl halides is 3. The SMILES string of the molecule is COC[C@@H]1C[C@@H](NC(=O)c2nnc(-c3cc(C(F)(F)F)ccc3Cl)o2)CN1. The number of halogens is 4. The van der Waals surface area contributed by atoms with E-state index in [1.807, 2.05) is 0 Å². The molecule has 1 aromatic heterocycles. The molecule has 1 saturated heterocycles. The number of nitrogens with one attached hydrogen (secondary N) is 2. The lowest BCUT2D eigenvalue weighted by molar-refractivity contribution is -0.137. The van der Waals surface area contributed by atoms with Crippen LogP contribution < -0.4 is 10.6 Å². The van der Waals surface area contributed by atoms with Crippen LogP contribution in [0.15, 0.2) is 22.6 Å². The van der Waals surface area contributed by atoms with E-state index in [0.29, 0.717) is 19.6 Å². The predicted molar refractivity (Wildman–Crippen MR) is 89.3 cm³/mol. The van der Waals surface area contributed by atoms with E-state index in [1.54, 1.807) is 7.11 Å². The quantitative estimate of drug-likeness (QED) is 0.796. The second-order valence-corrected chi connectivity index (χ2v) is 6.48. The number of ether oxygens (including phenoxy) is 1. The molecule has 0 bridgehead atoms. The van der Waals surface area contributed by atoms with Crippen LogP contribution in [0.1, 0.15) is 22.7 Å². The zero-order chi connectivity index (χ0) is 19.6. The van der Waals surface area contributed by atoms with E-state index in [4.69, 9.17) is 20.8 Å². The smallest absolute Gasteiger partial charge is 0.412 e. The normalized spacial score (nSPS) is 20.0. The van der Waals surface area contributed by atoms with Crippen molar-refractivity contribution in [3.8, 4) is 11.5 Å². The van der Waals surface area contributed by atoms with Crippen molar-refractivity contribution in [2.75, 3.05) is 20.3 Å². The molecule has 2 N–H and O–H groups in total. The summed E-state index contributed by atoms with van der Waals surface area (Å²) in [4.78, 5) is 12.2. The molecule has 27 heavy (non-hydrogen) atoms. The van der Waals surface area contributed by atoms with E-state index in [0.717, 1.165) is 18.2 Å². The number of aromatic nitrogens is 2. The van der Waals surface area contributed by atoms with Crippen molar-refractivity contribution < 1.29 is 27.1 Å². The molecular formula is C16H16ClF3N4O3. The van der Waals surface area contributed by atoms with Gasteiger partial charge in [0.05, 0.1) is 22.8 Å². The van der Waals surface area contributed by atoms with Crippen LogP contribution in [0.4, 0.5) is 13.2 Å². The molecule has 2 aromatic rings. The average Bonchev–Trinajstić information content (AvgIpc) is 3.24. The molecule has 1 fully saturated rings. The third-order valence-electron chi connectivity index (χ3n) is 4.07. The van der Waals surface area contributed by atoms with Gasteiger partial charge in [-0.3, -0.25) is 4.79 Å². The fourth-order valence-electron chi connectivity index (χ4n) is 2.79. The Labute approximate surface area is 157 Å². The van der Waals surface area contributed by atoms with Crippen molar-refractivity contribution >= 4 is 17.5 Å². The lowest BCUT2D eigenvalue weighted by Gasteiger charge is -2.10. The molecule has 0 radical (unpaired) electrons. The number of methoxy groups -OCH3 is 1. The number of rotatable bonds is 5. The van der Waals surface area contributed by atoms with Crippen LogP contribution in [0.3, 0.4) is 0 Å². The van der Waals surface area contributed by atoms with Crippen molar-refractivity contribution in [2.45, 2.75) is 24.7 Å². The maximum Gasteiger partial charge on any atom is 0.416 e. The van der Waals surface area contributed by atoms with Crippen LogP contribution in [0, 0.1) is 0 Å². The Balaban J connectivity index is 1.72. The first-order chi connectivity index (χ1) is 12.8. The third-order valence-corrected chi connectivity index (χ3v) is 4.40. The maximum atomic E-state index is 12.9. The largest absolute Gasteiger partial charge is 0.416 e. The van der Waals surface area contributed by atoms with Gasteiger partial charge in [-0.25, -0.2) is 0 Å². The Morgan fingerprint density at radius 3 is 2.93 bits per heavy atom. The molecular weight excluding hydrogens is 389 g/mol. The summed E-state index contributed by atoms with van der Waals surface area (Å²) >= 11 is 5.94. The van der Waals surface area contributed by atoms with Gasteiger partial charge in [0.25, 0.3) is 0 Å². The van der Waals surface area contributed by atoms with Gasteiger partial charge in [-0.05, 0) is 24.6 Å². The minimum atomic E-state index is -4.55. The summed E-state index contributed by atoms with van der Waals surface area (Å²) in [6.07, 6.45) is -3.88. The highest BCUT2D eigenvalue weighted by atomic mass is 35.5. The number of carbonyl (C=O) groups is 1. The number of amides is 1. The fraction of sp³-hybridized carbons (Fsp3) is 0.438. The minimum absolute atomic E-state index is 0.000934. The molecule has 3 rings (SSSR count). The van der Waals surface area contributed by atoms with Crippen molar-refractivity contribution in [2.24, 2.45) is 0 Å². The van der Waals surface area contributed by atoms with Crippen molar-refractivity contribution in [1.29, 1.82) is 0 Å². The molecule has 1 aromatic carbocycles. The number of benzene rings is 1. The zero-order valence-corrected chi connectivity index (χ0v) is 14.9. The Morgan fingerprint density at radius 1 is 1.44 bits per heavy atom. The molecule has 0 spiro atoms. The maximum absolute atomic E-state index is 12.9. The second kappa shape index (κ2) is 7.83. The van der Waals surface area contributed by atoms with Crippen LogP contribution in [0.5, 0.6) is 0 Å². The van der Waals surface area contributed by atoms with Gasteiger partial charge < -0.3 is 19.8 Å². The van der Waals surface area contributed by atoms with Crippen LogP contribution >= 0.6 is 11.6 Å². The molecule has 0 unspecified atom stereocenters. The molecule has 146 valence electrons. The summed E-state index contributed by atoms with van der Waals surface area (Å²) in [5.74, 6) is -1.23. The molecule has 0 aliphatic carbocycles. The van der Waals surface area contributed by atoms with E-state index >= 15 is 0 Å². The summed E-state index contributed by atoms with van der Waals surface area (Å²) in [6, 6.07) is 2.71. The fourth-order valence-corrected chi connectivity index (χ4v) is 2.99. The van der Waals surface area contributed by atoms with Gasteiger partial charge in [0.15, 0.2) is 0 Å². The summed E-state index contributed by atoms with van der Waals surface area (Å²) < 4.78 is 48.9. The lowest BCUT2D eigenvalue weighted by Crippen LogP contribution is -2.36. The topological polar surface area (TPSA) is 89.3 Å². The lowest BCUT2D eigenvalue weighted by atomic mass is 10.1. The van der Waals surface area contributed by atoms with Crippen LogP contribution in [-0.2, 0) is 10.9 Å². The van der Waals surface area contributed by atoms with E-state index in [9.17, 15) is 18.0 Å². The number of nitrogens with zero attached hydrogens (tertiary/aromatic N) is 2. The first-order valence-corrected chi connectivity index (χ1v) is 8.39. The van der Waals surface area contributed by atoms with Crippen LogP contribution in [0.25, 0.3) is 11.5 Å². The second-order valence-electron chi connectivity index (χ2n) is 6.07. The number of carbonyl (C=O) groups excluding carboxylic acids is 1. The van der Waals surface area contributed by atoms with Gasteiger partial charge in [-0.2, -0.15) is 13.2 Å². The predicted octanol–water partition coefficient (Wildman–Crippen LogP) is 2.52. The summed E-state index contributed by atoms with van der Waals surface area (Å²) in [6.45, 7) is 1.07.